The number of furan rings is 1. The van der Waals surface area contributed by atoms with Gasteiger partial charge >= 0.3 is 0 Å². The van der Waals surface area contributed by atoms with E-state index in [9.17, 15) is 0 Å². The standard InChI is InChI=1S/C61H39NO/c1-4-16-40(17-5-1)42-28-30-43(31-29-42)44-32-35-47(36-33-44)62(46-20-8-3-9-21-46)60-58-50-24-12-15-27-54(50)61(52-25-13-10-22-48(52)49-23-11-14-26-53(49)61)55(58)39-57-59(60)51-37-34-45(38-56(51)63-57)41-18-6-2-7-19-41/h1-39H. The largest absolute Gasteiger partial charge is 0.456 e. The lowest BCUT2D eigenvalue weighted by Crippen LogP contribution is -2.26. The van der Waals surface area contributed by atoms with Gasteiger partial charge in [-0.25, -0.2) is 0 Å². The van der Waals surface area contributed by atoms with Gasteiger partial charge in [-0.05, 0) is 115 Å². The molecule has 13 rings (SSSR count). The van der Waals surface area contributed by atoms with Crippen molar-refractivity contribution < 1.29 is 4.42 Å². The molecule has 1 spiro atoms. The smallest absolute Gasteiger partial charge is 0.137 e. The first-order chi connectivity index (χ1) is 31.3. The molecule has 0 N–H and O–H groups in total. The van der Waals surface area contributed by atoms with E-state index < -0.39 is 5.41 Å². The third-order valence-electron chi connectivity index (χ3n) is 13.5. The normalized spacial score (nSPS) is 12.9. The Bertz CT molecular complexity index is 3490. The van der Waals surface area contributed by atoms with Crippen molar-refractivity contribution in [2.75, 3.05) is 4.90 Å². The molecule has 0 amide bonds. The highest BCUT2D eigenvalue weighted by Crippen LogP contribution is 2.66. The van der Waals surface area contributed by atoms with Gasteiger partial charge in [0, 0.05) is 22.3 Å². The first-order valence-corrected chi connectivity index (χ1v) is 21.8. The van der Waals surface area contributed by atoms with Gasteiger partial charge in [0.25, 0.3) is 0 Å². The van der Waals surface area contributed by atoms with E-state index in [1.165, 1.54) is 66.8 Å². The van der Waals surface area contributed by atoms with E-state index >= 15 is 0 Å². The highest BCUT2D eigenvalue weighted by atomic mass is 16.3. The summed E-state index contributed by atoms with van der Waals surface area (Å²) in [5.74, 6) is 0. The Kier molecular flexibility index (Phi) is 7.85. The van der Waals surface area contributed by atoms with Gasteiger partial charge in [0.05, 0.1) is 16.5 Å². The highest BCUT2D eigenvalue weighted by Gasteiger charge is 2.53. The maximum Gasteiger partial charge on any atom is 0.137 e. The zero-order chi connectivity index (χ0) is 41.5. The average Bonchev–Trinajstić information content (AvgIpc) is 3.99. The summed E-state index contributed by atoms with van der Waals surface area (Å²) in [5.41, 5.74) is 21.7. The molecule has 0 fully saturated rings. The number of hydrogen-bond acceptors (Lipinski definition) is 2. The second-order valence-corrected chi connectivity index (χ2v) is 16.7. The van der Waals surface area contributed by atoms with Crippen LogP contribution in [0.25, 0.3) is 77.6 Å². The maximum atomic E-state index is 7.17. The summed E-state index contributed by atoms with van der Waals surface area (Å²) in [5, 5.41) is 2.18. The molecule has 1 aromatic heterocycles. The molecule has 0 bridgehead atoms. The summed E-state index contributed by atoms with van der Waals surface area (Å²) in [6, 6.07) is 86.2. The van der Waals surface area contributed by atoms with Gasteiger partial charge in [0.1, 0.15) is 11.2 Å². The molecule has 63 heavy (non-hydrogen) atoms. The first-order valence-electron chi connectivity index (χ1n) is 21.8. The van der Waals surface area contributed by atoms with Gasteiger partial charge < -0.3 is 9.32 Å². The van der Waals surface area contributed by atoms with Crippen molar-refractivity contribution >= 4 is 39.0 Å². The van der Waals surface area contributed by atoms with Crippen molar-refractivity contribution in [3.8, 4) is 55.6 Å². The van der Waals surface area contributed by atoms with E-state index in [1.54, 1.807) is 0 Å². The van der Waals surface area contributed by atoms with Crippen molar-refractivity contribution in [3.05, 3.63) is 259 Å². The number of fused-ring (bicyclic) bond motifs is 13. The van der Waals surface area contributed by atoms with E-state index in [1.807, 2.05) is 0 Å². The molecule has 10 aromatic carbocycles. The average molecular weight is 802 g/mol. The van der Waals surface area contributed by atoms with Crippen LogP contribution in [0.1, 0.15) is 22.3 Å². The molecule has 0 saturated heterocycles. The van der Waals surface area contributed by atoms with Crippen LogP contribution in [0.4, 0.5) is 17.1 Å². The van der Waals surface area contributed by atoms with Crippen molar-refractivity contribution in [3.63, 3.8) is 0 Å². The Morgan fingerprint density at radius 2 is 0.746 bits per heavy atom. The monoisotopic (exact) mass is 801 g/mol. The van der Waals surface area contributed by atoms with E-state index in [0.29, 0.717) is 0 Å². The fourth-order valence-corrected chi connectivity index (χ4v) is 10.8. The first kappa shape index (κ1) is 35.5. The third-order valence-corrected chi connectivity index (χ3v) is 13.5. The molecule has 0 aliphatic heterocycles. The quantitative estimate of drug-likeness (QED) is 0.167. The van der Waals surface area contributed by atoms with E-state index in [2.05, 4.69) is 241 Å². The van der Waals surface area contributed by atoms with Crippen molar-refractivity contribution in [2.45, 2.75) is 5.41 Å². The molecule has 1 heterocycles. The van der Waals surface area contributed by atoms with Crippen molar-refractivity contribution in [2.24, 2.45) is 0 Å². The van der Waals surface area contributed by atoms with E-state index in [0.717, 1.165) is 50.1 Å². The van der Waals surface area contributed by atoms with Crippen molar-refractivity contribution in [1.29, 1.82) is 0 Å². The summed E-state index contributed by atoms with van der Waals surface area (Å²) < 4.78 is 7.17. The Balaban J connectivity index is 1.10. The predicted molar refractivity (Wildman–Crippen MR) is 261 cm³/mol. The molecule has 2 nitrogen and oxygen atoms in total. The minimum Gasteiger partial charge on any atom is -0.456 e. The van der Waals surface area contributed by atoms with Gasteiger partial charge in [-0.2, -0.15) is 0 Å². The van der Waals surface area contributed by atoms with Gasteiger partial charge in [0.15, 0.2) is 0 Å². The maximum absolute atomic E-state index is 7.17. The molecule has 2 heteroatoms. The minimum atomic E-state index is -0.547. The summed E-state index contributed by atoms with van der Waals surface area (Å²) in [6.45, 7) is 0. The molecule has 0 unspecified atom stereocenters. The summed E-state index contributed by atoms with van der Waals surface area (Å²) in [4.78, 5) is 2.48. The van der Waals surface area contributed by atoms with Gasteiger partial charge in [-0.1, -0.05) is 194 Å². The Morgan fingerprint density at radius 3 is 1.33 bits per heavy atom. The summed E-state index contributed by atoms with van der Waals surface area (Å²) in [7, 11) is 0. The Labute approximate surface area is 366 Å². The van der Waals surface area contributed by atoms with Crippen LogP contribution in [0.5, 0.6) is 0 Å². The minimum absolute atomic E-state index is 0.547. The lowest BCUT2D eigenvalue weighted by Gasteiger charge is -2.32. The van der Waals surface area contributed by atoms with Gasteiger partial charge in [0.2, 0.25) is 0 Å². The number of nitrogens with zero attached hydrogens (tertiary/aromatic N) is 1. The predicted octanol–water partition coefficient (Wildman–Crippen LogP) is 16.4. The highest BCUT2D eigenvalue weighted by molar-refractivity contribution is 6.20. The van der Waals surface area contributed by atoms with Crippen LogP contribution in [-0.2, 0) is 5.41 Å². The van der Waals surface area contributed by atoms with Crippen LogP contribution < -0.4 is 4.90 Å². The second-order valence-electron chi connectivity index (χ2n) is 16.7. The molecule has 0 atom stereocenters. The fourth-order valence-electron chi connectivity index (χ4n) is 10.8. The molecule has 294 valence electrons. The van der Waals surface area contributed by atoms with E-state index in [4.69, 9.17) is 4.42 Å². The lowest BCUT2D eigenvalue weighted by molar-refractivity contribution is 0.667. The molecule has 11 aromatic rings. The van der Waals surface area contributed by atoms with Crippen LogP contribution in [0, 0.1) is 0 Å². The molecular weight excluding hydrogens is 763 g/mol. The van der Waals surface area contributed by atoms with Crippen LogP contribution in [0.15, 0.2) is 241 Å². The SMILES string of the molecule is c1ccc(-c2ccc(-c3ccc(N(c4ccccc4)c4c5c(cc6oc7cc(-c8ccccc8)ccc7c46)C4(c6ccccc6-c6ccccc64)c4ccccc4-5)cc3)cc2)cc1. The molecule has 0 saturated carbocycles. The lowest BCUT2D eigenvalue weighted by atomic mass is 9.70. The van der Waals surface area contributed by atoms with Crippen molar-refractivity contribution in [1.82, 2.24) is 0 Å². The summed E-state index contributed by atoms with van der Waals surface area (Å²) in [6.07, 6.45) is 0. The number of hydrogen-bond donors (Lipinski definition) is 0. The number of anilines is 3. The molecule has 2 aliphatic rings. The number of benzene rings is 10. The second kappa shape index (κ2) is 13.9. The Morgan fingerprint density at radius 1 is 0.317 bits per heavy atom. The van der Waals surface area contributed by atoms with E-state index in [-0.39, 0.29) is 0 Å². The van der Waals surface area contributed by atoms with Crippen LogP contribution in [-0.4, -0.2) is 0 Å². The molecule has 2 aliphatic carbocycles. The summed E-state index contributed by atoms with van der Waals surface area (Å²) >= 11 is 0. The Hall–Kier alpha value is -8.20. The van der Waals surface area contributed by atoms with Crippen LogP contribution in [0.3, 0.4) is 0 Å². The zero-order valence-electron chi connectivity index (χ0n) is 34.4. The van der Waals surface area contributed by atoms with Gasteiger partial charge in [-0.15, -0.1) is 0 Å². The zero-order valence-corrected chi connectivity index (χ0v) is 34.4. The third kappa shape index (κ3) is 5.25. The van der Waals surface area contributed by atoms with Crippen LogP contribution in [0.2, 0.25) is 0 Å². The molecule has 0 radical (unpaired) electrons. The topological polar surface area (TPSA) is 16.4 Å². The number of para-hydroxylation sites is 1. The fraction of sp³-hybridized carbons (Fsp3) is 0.0164. The van der Waals surface area contributed by atoms with Gasteiger partial charge in [-0.3, -0.25) is 0 Å². The number of rotatable bonds is 6. The molecular formula is C61H39NO. The van der Waals surface area contributed by atoms with Crippen LogP contribution >= 0.6 is 0 Å².